The second-order valence-electron chi connectivity index (χ2n) is 7.37. The van der Waals surface area contributed by atoms with Gasteiger partial charge in [-0.1, -0.05) is 63.3 Å². The van der Waals surface area contributed by atoms with Gasteiger partial charge in [-0.3, -0.25) is 9.89 Å². The topological polar surface area (TPSA) is 70.4 Å². The Morgan fingerprint density at radius 2 is 1.90 bits per heavy atom. The number of aromatic nitrogens is 3. The van der Waals surface area contributed by atoms with Crippen molar-refractivity contribution in [2.75, 3.05) is 32.7 Å². The molecule has 0 aliphatic carbocycles. The number of aliphatic imine (C=N–C) groups is 1. The maximum atomic E-state index is 4.92. The number of nitrogens with zero attached hydrogens (tertiary/aromatic N) is 5. The van der Waals surface area contributed by atoms with E-state index in [0.717, 1.165) is 50.0 Å². The Bertz CT molecular complexity index is 778. The average Bonchev–Trinajstić information content (AvgIpc) is 3.22. The molecule has 0 aliphatic heterocycles. The molecule has 2 N–H and O–H groups in total. The monoisotopic (exact) mass is 411 g/mol. The molecule has 7 nitrogen and oxygen atoms in total. The molecule has 0 bridgehead atoms. The molecule has 2 rings (SSSR count). The first-order valence-electron chi connectivity index (χ1n) is 10.9. The quantitative estimate of drug-likeness (QED) is 0.319. The average molecular weight is 412 g/mol. The first-order valence-corrected chi connectivity index (χ1v) is 10.9. The fourth-order valence-electron chi connectivity index (χ4n) is 3.39. The van der Waals surface area contributed by atoms with Gasteiger partial charge in [0.2, 0.25) is 0 Å². The highest BCUT2D eigenvalue weighted by molar-refractivity contribution is 5.80. The van der Waals surface area contributed by atoms with E-state index in [0.29, 0.717) is 13.1 Å². The van der Waals surface area contributed by atoms with E-state index in [1.807, 2.05) is 6.92 Å². The second kappa shape index (κ2) is 12.8. The molecule has 0 amide bonds. The minimum atomic E-state index is 0.245. The molecular formula is C23H37N7. The van der Waals surface area contributed by atoms with Crippen molar-refractivity contribution in [1.29, 1.82) is 0 Å². The van der Waals surface area contributed by atoms with Crippen LogP contribution in [0.25, 0.3) is 0 Å². The number of benzene rings is 1. The van der Waals surface area contributed by atoms with Crippen molar-refractivity contribution in [2.24, 2.45) is 4.99 Å². The van der Waals surface area contributed by atoms with Gasteiger partial charge in [-0.25, -0.2) is 0 Å². The van der Waals surface area contributed by atoms with Crippen molar-refractivity contribution in [1.82, 2.24) is 30.3 Å². The van der Waals surface area contributed by atoms with Crippen LogP contribution < -0.4 is 10.6 Å². The van der Waals surface area contributed by atoms with E-state index in [2.05, 4.69) is 88.0 Å². The number of rotatable bonds is 12. The van der Waals surface area contributed by atoms with Crippen LogP contribution in [0.4, 0.5) is 0 Å². The summed E-state index contributed by atoms with van der Waals surface area (Å²) in [6, 6.07) is 10.9. The Labute approximate surface area is 181 Å². The molecule has 1 aromatic heterocycles. The van der Waals surface area contributed by atoms with Gasteiger partial charge in [0, 0.05) is 26.1 Å². The van der Waals surface area contributed by atoms with Crippen LogP contribution in [0.5, 0.6) is 0 Å². The lowest BCUT2D eigenvalue weighted by Gasteiger charge is -2.29. The van der Waals surface area contributed by atoms with Gasteiger partial charge in [0.25, 0.3) is 0 Å². The van der Waals surface area contributed by atoms with E-state index in [1.165, 1.54) is 5.56 Å². The summed E-state index contributed by atoms with van der Waals surface area (Å²) < 4.78 is 2.08. The second-order valence-corrected chi connectivity index (χ2v) is 7.37. The van der Waals surface area contributed by atoms with Crippen LogP contribution in [0.3, 0.4) is 0 Å². The number of hydrogen-bond donors (Lipinski definition) is 2. The molecule has 0 spiro atoms. The lowest BCUT2D eigenvalue weighted by atomic mass is 10.1. The number of guanidine groups is 1. The van der Waals surface area contributed by atoms with Crippen molar-refractivity contribution in [3.8, 4) is 0 Å². The summed E-state index contributed by atoms with van der Waals surface area (Å²) in [5, 5.41) is 15.0. The molecular weight excluding hydrogens is 374 g/mol. The van der Waals surface area contributed by atoms with Crippen LogP contribution in [-0.4, -0.2) is 58.3 Å². The molecule has 0 saturated carbocycles. The predicted octanol–water partition coefficient (Wildman–Crippen LogP) is 3.03. The summed E-state index contributed by atoms with van der Waals surface area (Å²) in [7, 11) is 0. The molecule has 1 atom stereocenters. The van der Waals surface area contributed by atoms with Gasteiger partial charge in [0.05, 0.1) is 12.6 Å². The first kappa shape index (κ1) is 23.6. The zero-order valence-corrected chi connectivity index (χ0v) is 18.9. The lowest BCUT2D eigenvalue weighted by Crippen LogP contribution is -2.40. The maximum absolute atomic E-state index is 4.92. The highest BCUT2D eigenvalue weighted by Crippen LogP contribution is 2.20. The summed E-state index contributed by atoms with van der Waals surface area (Å²) in [5.74, 6) is 1.80. The Morgan fingerprint density at radius 3 is 2.53 bits per heavy atom. The standard InChI is InChI=1S/C23H37N7/c1-6-22-28-27-18-30(22)15-14-24-23(25-16-19(4)5)26-17-21(29(7-2)8-3)20-12-10-9-11-13-20/h9-13,18,21H,4,6-8,14-17H2,1-3,5H3,(H2,24,25,26). The van der Waals surface area contributed by atoms with Gasteiger partial charge in [0.1, 0.15) is 12.2 Å². The van der Waals surface area contributed by atoms with E-state index in [1.54, 1.807) is 6.33 Å². The predicted molar refractivity (Wildman–Crippen MR) is 125 cm³/mol. The molecule has 0 fully saturated rings. The Hall–Kier alpha value is -2.67. The third kappa shape index (κ3) is 7.30. The molecule has 0 saturated heterocycles. The summed E-state index contributed by atoms with van der Waals surface area (Å²) in [5.41, 5.74) is 2.36. The van der Waals surface area contributed by atoms with Crippen molar-refractivity contribution in [2.45, 2.75) is 46.7 Å². The third-order valence-electron chi connectivity index (χ3n) is 5.07. The molecule has 1 unspecified atom stereocenters. The number of nitrogens with one attached hydrogen (secondary N) is 2. The van der Waals surface area contributed by atoms with Crippen LogP contribution in [0.1, 0.15) is 45.1 Å². The molecule has 1 aromatic carbocycles. The molecule has 1 heterocycles. The number of aryl methyl sites for hydroxylation is 1. The molecule has 164 valence electrons. The van der Waals surface area contributed by atoms with Crippen LogP contribution in [-0.2, 0) is 13.0 Å². The zero-order valence-electron chi connectivity index (χ0n) is 18.9. The Kier molecular flexibility index (Phi) is 10.1. The molecule has 30 heavy (non-hydrogen) atoms. The number of hydrogen-bond acceptors (Lipinski definition) is 4. The molecule has 0 aliphatic rings. The minimum absolute atomic E-state index is 0.245. The van der Waals surface area contributed by atoms with Gasteiger partial charge < -0.3 is 15.2 Å². The SMILES string of the molecule is C=C(C)CNC(=NCC(c1ccccc1)N(CC)CC)NCCn1cnnc1CC. The largest absolute Gasteiger partial charge is 0.355 e. The van der Waals surface area contributed by atoms with Gasteiger partial charge in [-0.05, 0) is 25.6 Å². The van der Waals surface area contributed by atoms with Crippen LogP contribution >= 0.6 is 0 Å². The van der Waals surface area contributed by atoms with Gasteiger partial charge in [-0.15, -0.1) is 10.2 Å². The highest BCUT2D eigenvalue weighted by atomic mass is 15.3. The van der Waals surface area contributed by atoms with Crippen LogP contribution in [0.15, 0.2) is 53.8 Å². The van der Waals surface area contributed by atoms with Crippen LogP contribution in [0, 0.1) is 0 Å². The molecule has 2 aromatic rings. The fourth-order valence-corrected chi connectivity index (χ4v) is 3.39. The van der Waals surface area contributed by atoms with E-state index in [-0.39, 0.29) is 6.04 Å². The highest BCUT2D eigenvalue weighted by Gasteiger charge is 2.17. The summed E-state index contributed by atoms with van der Waals surface area (Å²) in [6.07, 6.45) is 2.65. The minimum Gasteiger partial charge on any atom is -0.355 e. The lowest BCUT2D eigenvalue weighted by molar-refractivity contribution is 0.224. The summed E-state index contributed by atoms with van der Waals surface area (Å²) in [4.78, 5) is 7.37. The Morgan fingerprint density at radius 1 is 1.17 bits per heavy atom. The maximum Gasteiger partial charge on any atom is 0.191 e. The third-order valence-corrected chi connectivity index (χ3v) is 5.07. The van der Waals surface area contributed by atoms with Gasteiger partial charge in [-0.2, -0.15) is 0 Å². The van der Waals surface area contributed by atoms with Crippen molar-refractivity contribution >= 4 is 5.96 Å². The summed E-state index contributed by atoms with van der Waals surface area (Å²) in [6.45, 7) is 17.4. The molecule has 7 heteroatoms. The first-order chi connectivity index (χ1) is 14.6. The molecule has 0 radical (unpaired) electrons. The van der Waals surface area contributed by atoms with Crippen molar-refractivity contribution in [3.63, 3.8) is 0 Å². The number of likely N-dealkylation sites (N-methyl/N-ethyl adjacent to an activating group) is 1. The normalized spacial score (nSPS) is 12.8. The smallest absolute Gasteiger partial charge is 0.191 e. The van der Waals surface area contributed by atoms with E-state index >= 15 is 0 Å². The van der Waals surface area contributed by atoms with E-state index in [9.17, 15) is 0 Å². The zero-order chi connectivity index (χ0) is 21.8. The summed E-state index contributed by atoms with van der Waals surface area (Å²) >= 11 is 0. The fraction of sp³-hybridized carbons (Fsp3) is 0.522. The van der Waals surface area contributed by atoms with Crippen molar-refractivity contribution in [3.05, 3.63) is 60.2 Å². The van der Waals surface area contributed by atoms with Gasteiger partial charge >= 0.3 is 0 Å². The van der Waals surface area contributed by atoms with E-state index in [4.69, 9.17) is 4.99 Å². The van der Waals surface area contributed by atoms with E-state index < -0.39 is 0 Å². The van der Waals surface area contributed by atoms with Crippen LogP contribution in [0.2, 0.25) is 0 Å². The van der Waals surface area contributed by atoms with Gasteiger partial charge in [0.15, 0.2) is 5.96 Å². The van der Waals surface area contributed by atoms with Crippen molar-refractivity contribution < 1.29 is 0 Å². The Balaban J connectivity index is 2.09.